The van der Waals surface area contributed by atoms with Gasteiger partial charge in [-0.25, -0.2) is 9.18 Å². The van der Waals surface area contributed by atoms with E-state index < -0.39 is 23.4 Å². The highest BCUT2D eigenvalue weighted by atomic mass is 19.1. The molecule has 0 unspecified atom stereocenters. The van der Waals surface area contributed by atoms with Crippen molar-refractivity contribution in [3.05, 3.63) is 59.9 Å². The molecule has 3 N–H and O–H groups in total. The molecule has 3 rings (SSSR count). The smallest absolute Gasteiger partial charge is 0.319 e. The van der Waals surface area contributed by atoms with Crippen LogP contribution in [0.1, 0.15) is 25.3 Å². The van der Waals surface area contributed by atoms with Crippen LogP contribution in [0.4, 0.5) is 14.9 Å². The van der Waals surface area contributed by atoms with Crippen molar-refractivity contribution < 1.29 is 23.8 Å². The maximum atomic E-state index is 13.1. The van der Waals surface area contributed by atoms with Crippen molar-refractivity contribution in [3.63, 3.8) is 0 Å². The molecule has 0 saturated carbocycles. The van der Waals surface area contributed by atoms with Gasteiger partial charge in [-0.05, 0) is 55.8 Å². The molecule has 2 aromatic carbocycles. The number of aliphatic hydroxyl groups is 1. The molecule has 1 saturated heterocycles. The van der Waals surface area contributed by atoms with E-state index >= 15 is 0 Å². The van der Waals surface area contributed by atoms with Gasteiger partial charge in [-0.15, -0.1) is 0 Å². The average Bonchev–Trinajstić information content (AvgIpc) is 3.06. The zero-order valence-corrected chi connectivity index (χ0v) is 17.2. The predicted octanol–water partition coefficient (Wildman–Crippen LogP) is 2.72. The molecular formula is C22H26FN3O4. The molecular weight excluding hydrogens is 389 g/mol. The van der Waals surface area contributed by atoms with E-state index in [-0.39, 0.29) is 18.4 Å². The Bertz CT molecular complexity index is 900. The van der Waals surface area contributed by atoms with E-state index in [1.54, 1.807) is 38.0 Å². The second kappa shape index (κ2) is 8.71. The fourth-order valence-electron chi connectivity index (χ4n) is 3.52. The summed E-state index contributed by atoms with van der Waals surface area (Å²) in [5.74, 6) is -0.306. The number of hydrogen-bond acceptors (Lipinski definition) is 4. The minimum Gasteiger partial charge on any atom is -0.497 e. The third kappa shape index (κ3) is 4.54. The number of carbonyl (C=O) groups excluding carboxylic acids is 2. The van der Waals surface area contributed by atoms with Crippen LogP contribution < -0.4 is 15.4 Å². The lowest BCUT2D eigenvalue weighted by Crippen LogP contribution is -2.51. The molecule has 3 amide bonds. The van der Waals surface area contributed by atoms with Crippen molar-refractivity contribution in [1.82, 2.24) is 10.2 Å². The number of likely N-dealkylation sites (tertiary alicyclic amines) is 1. The summed E-state index contributed by atoms with van der Waals surface area (Å²) in [6, 6.07) is 11.3. The van der Waals surface area contributed by atoms with Crippen LogP contribution in [0, 0.1) is 5.82 Å². The molecule has 0 radical (unpaired) electrons. The Balaban J connectivity index is 1.83. The summed E-state index contributed by atoms with van der Waals surface area (Å²) in [6.45, 7) is 3.69. The van der Waals surface area contributed by atoms with Crippen LogP contribution in [0.25, 0.3) is 0 Å². The molecule has 1 aliphatic heterocycles. The number of methoxy groups -OCH3 is 1. The summed E-state index contributed by atoms with van der Waals surface area (Å²) >= 11 is 0. The summed E-state index contributed by atoms with van der Waals surface area (Å²) in [7, 11) is 1.57. The molecule has 0 aromatic heterocycles. The van der Waals surface area contributed by atoms with E-state index in [4.69, 9.17) is 4.74 Å². The summed E-state index contributed by atoms with van der Waals surface area (Å²) in [5.41, 5.74) is 0.506. The van der Waals surface area contributed by atoms with Crippen molar-refractivity contribution in [2.45, 2.75) is 31.3 Å². The Morgan fingerprint density at radius 1 is 1.20 bits per heavy atom. The first-order valence-corrected chi connectivity index (χ1v) is 9.64. The lowest BCUT2D eigenvalue weighted by molar-refractivity contribution is -0.135. The van der Waals surface area contributed by atoms with Crippen molar-refractivity contribution >= 4 is 17.6 Å². The first kappa shape index (κ1) is 21.6. The number of nitrogens with zero attached hydrogens (tertiary/aromatic N) is 1. The van der Waals surface area contributed by atoms with Crippen LogP contribution in [0.5, 0.6) is 5.75 Å². The number of benzene rings is 2. The predicted molar refractivity (Wildman–Crippen MR) is 111 cm³/mol. The number of ether oxygens (including phenoxy) is 1. The quantitative estimate of drug-likeness (QED) is 0.677. The summed E-state index contributed by atoms with van der Waals surface area (Å²) in [6.07, 6.45) is 0. The average molecular weight is 415 g/mol. The van der Waals surface area contributed by atoms with Crippen LogP contribution >= 0.6 is 0 Å². The van der Waals surface area contributed by atoms with E-state index in [1.165, 1.54) is 24.3 Å². The number of rotatable bonds is 6. The van der Waals surface area contributed by atoms with E-state index in [1.807, 2.05) is 12.1 Å². The standard InChI is InChI=1S/C22H26FN3O4/c1-22(2,13-27)26-12-18(14-4-10-17(30-3)11-5-14)19(20(26)28)25-21(29)24-16-8-6-15(23)7-9-16/h4-11,18-19,27H,12-13H2,1-3H3,(H2,24,25,29)/t18-,19-/m0/s1. The molecule has 0 spiro atoms. The Morgan fingerprint density at radius 2 is 1.83 bits per heavy atom. The van der Waals surface area contributed by atoms with Gasteiger partial charge in [0.2, 0.25) is 5.91 Å². The van der Waals surface area contributed by atoms with Gasteiger partial charge in [0, 0.05) is 18.2 Å². The van der Waals surface area contributed by atoms with Gasteiger partial charge < -0.3 is 25.4 Å². The van der Waals surface area contributed by atoms with Crippen molar-refractivity contribution in [2.75, 3.05) is 25.6 Å². The fraction of sp³-hybridized carbons (Fsp3) is 0.364. The number of carbonyl (C=O) groups is 2. The first-order valence-electron chi connectivity index (χ1n) is 9.64. The van der Waals surface area contributed by atoms with E-state index in [9.17, 15) is 19.1 Å². The topological polar surface area (TPSA) is 90.9 Å². The van der Waals surface area contributed by atoms with Crippen LogP contribution in [0.15, 0.2) is 48.5 Å². The zero-order valence-electron chi connectivity index (χ0n) is 17.2. The normalized spacial score (nSPS) is 19.0. The van der Waals surface area contributed by atoms with Gasteiger partial charge in [0.15, 0.2) is 0 Å². The number of hydrogen-bond donors (Lipinski definition) is 3. The van der Waals surface area contributed by atoms with Crippen LogP contribution in [-0.4, -0.2) is 53.8 Å². The number of halogens is 1. The summed E-state index contributed by atoms with van der Waals surface area (Å²) < 4.78 is 18.3. The minimum atomic E-state index is -0.815. The van der Waals surface area contributed by atoms with Crippen molar-refractivity contribution in [1.29, 1.82) is 0 Å². The van der Waals surface area contributed by atoms with Crippen LogP contribution in [0.2, 0.25) is 0 Å². The zero-order chi connectivity index (χ0) is 21.9. The van der Waals surface area contributed by atoms with Gasteiger partial charge >= 0.3 is 6.03 Å². The van der Waals surface area contributed by atoms with E-state index in [0.29, 0.717) is 18.0 Å². The van der Waals surface area contributed by atoms with Gasteiger partial charge in [-0.1, -0.05) is 12.1 Å². The fourth-order valence-corrected chi connectivity index (χ4v) is 3.52. The highest BCUT2D eigenvalue weighted by Gasteiger charge is 2.47. The van der Waals surface area contributed by atoms with E-state index in [0.717, 1.165) is 5.56 Å². The Labute approximate surface area is 174 Å². The molecule has 0 aliphatic carbocycles. The second-order valence-electron chi connectivity index (χ2n) is 7.88. The molecule has 8 heteroatoms. The number of nitrogens with one attached hydrogen (secondary N) is 2. The van der Waals surface area contributed by atoms with Crippen molar-refractivity contribution in [3.8, 4) is 5.75 Å². The lowest BCUT2D eigenvalue weighted by atomic mass is 9.94. The lowest BCUT2D eigenvalue weighted by Gasteiger charge is -2.34. The van der Waals surface area contributed by atoms with Gasteiger partial charge in [0.1, 0.15) is 17.6 Å². The molecule has 30 heavy (non-hydrogen) atoms. The molecule has 160 valence electrons. The molecule has 7 nitrogen and oxygen atoms in total. The molecule has 2 aromatic rings. The Hall–Kier alpha value is -3.13. The van der Waals surface area contributed by atoms with Crippen LogP contribution in [-0.2, 0) is 4.79 Å². The van der Waals surface area contributed by atoms with Gasteiger partial charge in [0.25, 0.3) is 0 Å². The van der Waals surface area contributed by atoms with Gasteiger partial charge in [-0.2, -0.15) is 0 Å². The maximum absolute atomic E-state index is 13.1. The highest BCUT2D eigenvalue weighted by molar-refractivity contribution is 5.95. The highest BCUT2D eigenvalue weighted by Crippen LogP contribution is 2.34. The monoisotopic (exact) mass is 415 g/mol. The van der Waals surface area contributed by atoms with Crippen molar-refractivity contribution in [2.24, 2.45) is 0 Å². The number of amides is 3. The third-order valence-corrected chi connectivity index (χ3v) is 5.36. The largest absolute Gasteiger partial charge is 0.497 e. The Kier molecular flexibility index (Phi) is 6.26. The van der Waals surface area contributed by atoms with Gasteiger partial charge in [-0.3, -0.25) is 4.79 Å². The maximum Gasteiger partial charge on any atom is 0.319 e. The number of aliphatic hydroxyl groups excluding tert-OH is 1. The summed E-state index contributed by atoms with van der Waals surface area (Å²) in [5, 5.41) is 15.1. The van der Waals surface area contributed by atoms with Crippen LogP contribution in [0.3, 0.4) is 0 Å². The molecule has 0 bridgehead atoms. The van der Waals surface area contributed by atoms with Gasteiger partial charge in [0.05, 0.1) is 19.3 Å². The SMILES string of the molecule is COc1ccc([C@@H]2CN(C(C)(C)CO)C(=O)[C@H]2NC(=O)Nc2ccc(F)cc2)cc1. The third-order valence-electron chi connectivity index (χ3n) is 5.36. The minimum absolute atomic E-state index is 0.206. The molecule has 1 heterocycles. The Morgan fingerprint density at radius 3 is 2.40 bits per heavy atom. The molecule has 2 atom stereocenters. The number of urea groups is 1. The second-order valence-corrected chi connectivity index (χ2v) is 7.88. The number of anilines is 1. The molecule has 1 aliphatic rings. The first-order chi connectivity index (χ1) is 14.2. The summed E-state index contributed by atoms with van der Waals surface area (Å²) in [4.78, 5) is 27.3. The molecule has 1 fully saturated rings. The van der Waals surface area contributed by atoms with E-state index in [2.05, 4.69) is 10.6 Å².